The number of piperidine rings is 1. The molecule has 1 saturated heterocycles. The van der Waals surface area contributed by atoms with Crippen LogP contribution in [0.4, 0.5) is 13.2 Å². The summed E-state index contributed by atoms with van der Waals surface area (Å²) in [7, 11) is 0. The number of ether oxygens (including phenoxy) is 1. The Morgan fingerprint density at radius 2 is 2.00 bits per heavy atom. The third-order valence-electron chi connectivity index (χ3n) is 3.02. The van der Waals surface area contributed by atoms with Crippen LogP contribution in [0.3, 0.4) is 0 Å². The molecule has 1 aliphatic heterocycles. The standard InChI is InChI=1S/C13H15F3N2O2/c14-13(15,16)20-11-4-1-9(2-5-11)7-17-10-3-6-12(19)18-8-10/h1-2,4-5,10,17H,3,6-8H2,(H,18,19). The van der Waals surface area contributed by atoms with Gasteiger partial charge in [-0.1, -0.05) is 12.1 Å². The van der Waals surface area contributed by atoms with E-state index in [1.54, 1.807) is 12.1 Å². The number of alkyl halides is 3. The Morgan fingerprint density at radius 3 is 2.55 bits per heavy atom. The predicted molar refractivity (Wildman–Crippen MR) is 66.0 cm³/mol. The summed E-state index contributed by atoms with van der Waals surface area (Å²) in [5.74, 6) is -0.178. The monoisotopic (exact) mass is 288 g/mol. The number of rotatable bonds is 4. The van der Waals surface area contributed by atoms with Crippen LogP contribution >= 0.6 is 0 Å². The van der Waals surface area contributed by atoms with E-state index in [2.05, 4.69) is 15.4 Å². The van der Waals surface area contributed by atoms with E-state index in [1.807, 2.05) is 0 Å². The number of benzene rings is 1. The van der Waals surface area contributed by atoms with Crippen LogP contribution in [0, 0.1) is 0 Å². The van der Waals surface area contributed by atoms with Crippen LogP contribution < -0.4 is 15.4 Å². The molecule has 0 spiro atoms. The minimum Gasteiger partial charge on any atom is -0.406 e. The fourth-order valence-corrected chi connectivity index (χ4v) is 1.98. The van der Waals surface area contributed by atoms with Crippen molar-refractivity contribution in [2.24, 2.45) is 0 Å². The van der Waals surface area contributed by atoms with Crippen molar-refractivity contribution in [3.63, 3.8) is 0 Å². The van der Waals surface area contributed by atoms with Gasteiger partial charge < -0.3 is 15.4 Å². The van der Waals surface area contributed by atoms with Crippen LogP contribution in [0.25, 0.3) is 0 Å². The van der Waals surface area contributed by atoms with Gasteiger partial charge in [0.15, 0.2) is 0 Å². The van der Waals surface area contributed by atoms with Crippen LogP contribution in [0.5, 0.6) is 5.75 Å². The summed E-state index contributed by atoms with van der Waals surface area (Å²) < 4.78 is 39.8. The molecule has 110 valence electrons. The van der Waals surface area contributed by atoms with Crippen LogP contribution in [0.2, 0.25) is 0 Å². The second-order valence-corrected chi connectivity index (χ2v) is 4.61. The Bertz CT molecular complexity index is 450. The van der Waals surface area contributed by atoms with Crippen LogP contribution in [0.15, 0.2) is 24.3 Å². The fourth-order valence-electron chi connectivity index (χ4n) is 1.98. The van der Waals surface area contributed by atoms with Crippen LogP contribution in [-0.4, -0.2) is 24.9 Å². The number of amides is 1. The minimum atomic E-state index is -4.67. The molecular weight excluding hydrogens is 273 g/mol. The lowest BCUT2D eigenvalue weighted by Crippen LogP contribution is -2.45. The Balaban J connectivity index is 1.80. The van der Waals surface area contributed by atoms with Crippen molar-refractivity contribution in [1.29, 1.82) is 0 Å². The first-order valence-electron chi connectivity index (χ1n) is 6.27. The van der Waals surface area contributed by atoms with Gasteiger partial charge in [0.05, 0.1) is 0 Å². The molecule has 20 heavy (non-hydrogen) atoms. The number of hydrogen-bond donors (Lipinski definition) is 2. The van der Waals surface area contributed by atoms with Crippen molar-refractivity contribution >= 4 is 5.91 Å². The van der Waals surface area contributed by atoms with E-state index in [0.29, 0.717) is 19.5 Å². The minimum absolute atomic E-state index is 0.0525. The smallest absolute Gasteiger partial charge is 0.406 e. The largest absolute Gasteiger partial charge is 0.573 e. The summed E-state index contributed by atoms with van der Waals surface area (Å²) in [5.41, 5.74) is 0.858. The Hall–Kier alpha value is -1.76. The number of carbonyl (C=O) groups is 1. The Kier molecular flexibility index (Phi) is 4.49. The average molecular weight is 288 g/mol. The van der Waals surface area contributed by atoms with Crippen molar-refractivity contribution in [2.75, 3.05) is 6.54 Å². The van der Waals surface area contributed by atoms with Gasteiger partial charge in [0.1, 0.15) is 5.75 Å². The Labute approximate surface area is 114 Å². The average Bonchev–Trinajstić information content (AvgIpc) is 2.38. The lowest BCUT2D eigenvalue weighted by atomic mass is 10.1. The molecule has 1 fully saturated rings. The van der Waals surface area contributed by atoms with E-state index in [-0.39, 0.29) is 17.7 Å². The highest BCUT2D eigenvalue weighted by atomic mass is 19.4. The molecule has 2 rings (SSSR count). The van der Waals surface area contributed by atoms with Gasteiger partial charge in [-0.2, -0.15) is 0 Å². The highest BCUT2D eigenvalue weighted by Crippen LogP contribution is 2.22. The van der Waals surface area contributed by atoms with Gasteiger partial charge in [0.25, 0.3) is 0 Å². The van der Waals surface area contributed by atoms with E-state index >= 15 is 0 Å². The first-order chi connectivity index (χ1) is 9.42. The summed E-state index contributed by atoms with van der Waals surface area (Å²) in [6, 6.07) is 5.92. The highest BCUT2D eigenvalue weighted by Gasteiger charge is 2.30. The zero-order valence-corrected chi connectivity index (χ0v) is 10.7. The van der Waals surface area contributed by atoms with E-state index < -0.39 is 6.36 Å². The molecule has 4 nitrogen and oxygen atoms in total. The van der Waals surface area contributed by atoms with Gasteiger partial charge in [-0.25, -0.2) is 0 Å². The maximum Gasteiger partial charge on any atom is 0.573 e. The van der Waals surface area contributed by atoms with Crippen molar-refractivity contribution < 1.29 is 22.7 Å². The number of hydrogen-bond acceptors (Lipinski definition) is 3. The van der Waals surface area contributed by atoms with Gasteiger partial charge in [-0.3, -0.25) is 4.79 Å². The molecule has 7 heteroatoms. The lowest BCUT2D eigenvalue weighted by molar-refractivity contribution is -0.274. The van der Waals surface area contributed by atoms with Crippen molar-refractivity contribution in [2.45, 2.75) is 31.8 Å². The molecule has 1 heterocycles. The zero-order chi connectivity index (χ0) is 14.6. The van der Waals surface area contributed by atoms with Gasteiger partial charge in [0, 0.05) is 25.6 Å². The lowest BCUT2D eigenvalue weighted by Gasteiger charge is -2.23. The number of carbonyl (C=O) groups excluding carboxylic acids is 1. The van der Waals surface area contributed by atoms with E-state index in [9.17, 15) is 18.0 Å². The molecule has 0 aromatic heterocycles. The maximum absolute atomic E-state index is 12.0. The number of halogens is 3. The quantitative estimate of drug-likeness (QED) is 0.890. The van der Waals surface area contributed by atoms with Gasteiger partial charge in [-0.15, -0.1) is 13.2 Å². The molecule has 1 atom stereocenters. The summed E-state index contributed by atoms with van der Waals surface area (Å²) >= 11 is 0. The Morgan fingerprint density at radius 1 is 1.30 bits per heavy atom. The van der Waals surface area contributed by atoms with Crippen molar-refractivity contribution in [3.05, 3.63) is 29.8 Å². The van der Waals surface area contributed by atoms with Gasteiger partial charge >= 0.3 is 6.36 Å². The second kappa shape index (κ2) is 6.13. The molecule has 1 aromatic carbocycles. The topological polar surface area (TPSA) is 50.4 Å². The highest BCUT2D eigenvalue weighted by molar-refractivity contribution is 5.76. The molecule has 0 radical (unpaired) electrons. The molecule has 0 bridgehead atoms. The molecule has 1 unspecified atom stereocenters. The van der Waals surface area contributed by atoms with E-state index in [1.165, 1.54) is 12.1 Å². The normalized spacial score (nSPS) is 19.6. The molecule has 1 aromatic rings. The summed E-state index contributed by atoms with van der Waals surface area (Å²) in [5, 5.41) is 6.01. The van der Waals surface area contributed by atoms with E-state index in [4.69, 9.17) is 0 Å². The zero-order valence-electron chi connectivity index (χ0n) is 10.7. The third kappa shape index (κ3) is 4.73. The maximum atomic E-state index is 12.0. The number of nitrogens with one attached hydrogen (secondary N) is 2. The summed E-state index contributed by atoms with van der Waals surface area (Å²) in [6.07, 6.45) is -3.41. The summed E-state index contributed by atoms with van der Waals surface area (Å²) in [6.45, 7) is 1.11. The molecule has 0 saturated carbocycles. The predicted octanol–water partition coefficient (Wildman–Crippen LogP) is 1.95. The molecule has 2 N–H and O–H groups in total. The molecule has 0 aliphatic carbocycles. The van der Waals surface area contributed by atoms with Crippen LogP contribution in [-0.2, 0) is 11.3 Å². The van der Waals surface area contributed by atoms with E-state index in [0.717, 1.165) is 12.0 Å². The molecule has 1 amide bonds. The van der Waals surface area contributed by atoms with Gasteiger partial charge in [-0.05, 0) is 24.1 Å². The fraction of sp³-hybridized carbons (Fsp3) is 0.462. The van der Waals surface area contributed by atoms with Crippen LogP contribution in [0.1, 0.15) is 18.4 Å². The second-order valence-electron chi connectivity index (χ2n) is 4.61. The molecule has 1 aliphatic rings. The van der Waals surface area contributed by atoms with Crippen molar-refractivity contribution in [1.82, 2.24) is 10.6 Å². The first-order valence-corrected chi connectivity index (χ1v) is 6.27. The van der Waals surface area contributed by atoms with Crippen molar-refractivity contribution in [3.8, 4) is 5.75 Å². The molecular formula is C13H15F3N2O2. The SMILES string of the molecule is O=C1CCC(NCc2ccc(OC(F)(F)F)cc2)CN1. The first kappa shape index (κ1) is 14.6. The third-order valence-corrected chi connectivity index (χ3v) is 3.02. The summed E-state index contributed by atoms with van der Waals surface area (Å²) in [4.78, 5) is 11.0. The van der Waals surface area contributed by atoms with Gasteiger partial charge in [0.2, 0.25) is 5.91 Å².